The molecule has 2 aromatic rings. The lowest BCUT2D eigenvalue weighted by atomic mass is 10.1. The van der Waals surface area contributed by atoms with Gasteiger partial charge in [-0.3, -0.25) is 13.9 Å². The molecule has 1 aliphatic heterocycles. The fourth-order valence-electron chi connectivity index (χ4n) is 3.60. The monoisotopic (exact) mass is 344 g/mol. The van der Waals surface area contributed by atoms with Gasteiger partial charge in [0, 0.05) is 33.6 Å². The van der Waals surface area contributed by atoms with Gasteiger partial charge in [-0.2, -0.15) is 0 Å². The molecule has 6 nitrogen and oxygen atoms in total. The molecule has 1 amide bonds. The van der Waals surface area contributed by atoms with Crippen LogP contribution in [0.3, 0.4) is 0 Å². The van der Waals surface area contributed by atoms with Crippen molar-refractivity contribution in [1.82, 2.24) is 9.13 Å². The predicted octanol–water partition coefficient (Wildman–Crippen LogP) is 2.85. The number of hydrogen-bond donors (Lipinski definition) is 1. The summed E-state index contributed by atoms with van der Waals surface area (Å²) in [5.74, 6) is 0.330. The van der Waals surface area contributed by atoms with Crippen molar-refractivity contribution in [3.8, 4) is 0 Å². The molecule has 1 aliphatic rings. The molecule has 0 radical (unpaired) electrons. The summed E-state index contributed by atoms with van der Waals surface area (Å²) < 4.78 is 3.30. The van der Waals surface area contributed by atoms with Crippen molar-refractivity contribution in [2.45, 2.75) is 39.5 Å². The molecule has 0 saturated carbocycles. The van der Waals surface area contributed by atoms with Crippen molar-refractivity contribution in [3.63, 3.8) is 0 Å². The highest BCUT2D eigenvalue weighted by molar-refractivity contribution is 5.98. The van der Waals surface area contributed by atoms with E-state index in [2.05, 4.69) is 10.2 Å². The van der Waals surface area contributed by atoms with E-state index < -0.39 is 0 Å². The lowest BCUT2D eigenvalue weighted by Gasteiger charge is -2.31. The van der Waals surface area contributed by atoms with Gasteiger partial charge in [0.1, 0.15) is 0 Å². The van der Waals surface area contributed by atoms with Crippen molar-refractivity contribution in [2.75, 3.05) is 23.3 Å². The number of aromatic nitrogens is 2. The van der Waals surface area contributed by atoms with Crippen LogP contribution < -0.4 is 15.9 Å². The summed E-state index contributed by atoms with van der Waals surface area (Å²) in [4.78, 5) is 27.0. The molecule has 1 fully saturated rings. The Labute approximate surface area is 148 Å². The van der Waals surface area contributed by atoms with E-state index in [-0.39, 0.29) is 11.6 Å². The first-order chi connectivity index (χ1) is 11.9. The molecule has 0 bridgehead atoms. The van der Waals surface area contributed by atoms with Crippen molar-refractivity contribution in [1.29, 1.82) is 0 Å². The standard InChI is InChI=1S/C19H28N4O2/c1-13(2)10-18(24)20-14-11-16-17(22(4)19(25)21(16)3)12-15(14)23-8-6-5-7-9-23/h11-13H,5-10H2,1-4H3,(H,20,24). The zero-order valence-corrected chi connectivity index (χ0v) is 15.6. The number of fused-ring (bicyclic) bond motifs is 1. The van der Waals surface area contributed by atoms with E-state index in [1.54, 1.807) is 23.2 Å². The van der Waals surface area contributed by atoms with Gasteiger partial charge in [-0.1, -0.05) is 13.8 Å². The van der Waals surface area contributed by atoms with Crippen LogP contribution in [0.5, 0.6) is 0 Å². The molecular formula is C19H28N4O2. The molecule has 6 heteroatoms. The van der Waals surface area contributed by atoms with E-state index in [0.29, 0.717) is 12.3 Å². The number of carbonyl (C=O) groups is 1. The summed E-state index contributed by atoms with van der Waals surface area (Å²) in [6.07, 6.45) is 4.05. The molecule has 25 heavy (non-hydrogen) atoms. The number of hydrogen-bond acceptors (Lipinski definition) is 3. The Morgan fingerprint density at radius 3 is 2.28 bits per heavy atom. The Balaban J connectivity index is 2.08. The topological polar surface area (TPSA) is 59.3 Å². The number of anilines is 2. The minimum atomic E-state index is -0.0507. The van der Waals surface area contributed by atoms with Crippen LogP contribution >= 0.6 is 0 Å². The SMILES string of the molecule is CC(C)CC(=O)Nc1cc2c(cc1N1CCCCC1)n(C)c(=O)n2C. The second-order valence-electron chi connectivity index (χ2n) is 7.45. The molecule has 1 N–H and O–H groups in total. The van der Waals surface area contributed by atoms with E-state index in [4.69, 9.17) is 0 Å². The predicted molar refractivity (Wildman–Crippen MR) is 102 cm³/mol. The molecular weight excluding hydrogens is 316 g/mol. The number of rotatable bonds is 4. The molecule has 0 atom stereocenters. The number of piperidine rings is 1. The molecule has 2 heterocycles. The molecule has 1 aromatic carbocycles. The molecule has 1 saturated heterocycles. The Kier molecular flexibility index (Phi) is 4.88. The van der Waals surface area contributed by atoms with Gasteiger partial charge in [0.25, 0.3) is 0 Å². The van der Waals surface area contributed by atoms with Gasteiger partial charge in [0.2, 0.25) is 5.91 Å². The maximum Gasteiger partial charge on any atom is 0.328 e. The average molecular weight is 344 g/mol. The summed E-state index contributed by atoms with van der Waals surface area (Å²) in [5, 5.41) is 3.08. The zero-order valence-electron chi connectivity index (χ0n) is 15.6. The van der Waals surface area contributed by atoms with Crippen molar-refractivity contribution < 1.29 is 4.79 Å². The lowest BCUT2D eigenvalue weighted by Crippen LogP contribution is -2.30. The summed E-state index contributed by atoms with van der Waals surface area (Å²) in [5.41, 5.74) is 3.51. The lowest BCUT2D eigenvalue weighted by molar-refractivity contribution is -0.116. The molecule has 0 spiro atoms. The summed E-state index contributed by atoms with van der Waals surface area (Å²) >= 11 is 0. The number of nitrogens with one attached hydrogen (secondary N) is 1. The Bertz CT molecular complexity index is 841. The van der Waals surface area contributed by atoms with E-state index in [1.807, 2.05) is 26.0 Å². The molecule has 3 rings (SSSR count). The number of imidazole rings is 1. The van der Waals surface area contributed by atoms with Crippen LogP contribution in [0.4, 0.5) is 11.4 Å². The van der Waals surface area contributed by atoms with Crippen LogP contribution in [-0.4, -0.2) is 28.1 Å². The van der Waals surface area contributed by atoms with Gasteiger partial charge in [0.05, 0.1) is 22.4 Å². The van der Waals surface area contributed by atoms with Gasteiger partial charge < -0.3 is 10.2 Å². The first-order valence-corrected chi connectivity index (χ1v) is 9.12. The van der Waals surface area contributed by atoms with Crippen molar-refractivity contribution >= 4 is 28.3 Å². The van der Waals surface area contributed by atoms with E-state index in [9.17, 15) is 9.59 Å². The largest absolute Gasteiger partial charge is 0.370 e. The third kappa shape index (κ3) is 3.43. The Morgan fingerprint density at radius 2 is 1.68 bits per heavy atom. The maximum atomic E-state index is 12.3. The summed E-state index contributed by atoms with van der Waals surface area (Å²) in [6.45, 7) is 6.04. The zero-order chi connectivity index (χ0) is 18.1. The van der Waals surface area contributed by atoms with Gasteiger partial charge in [0.15, 0.2) is 0 Å². The third-order valence-corrected chi connectivity index (χ3v) is 4.95. The Morgan fingerprint density at radius 1 is 1.08 bits per heavy atom. The maximum absolute atomic E-state index is 12.3. The number of nitrogens with zero attached hydrogens (tertiary/aromatic N) is 3. The molecule has 136 valence electrons. The highest BCUT2D eigenvalue weighted by atomic mass is 16.2. The van der Waals surface area contributed by atoms with E-state index in [1.165, 1.54) is 6.42 Å². The second kappa shape index (κ2) is 6.94. The van der Waals surface area contributed by atoms with Gasteiger partial charge in [-0.25, -0.2) is 4.79 Å². The van der Waals surface area contributed by atoms with Crippen molar-refractivity contribution in [3.05, 3.63) is 22.6 Å². The first kappa shape index (κ1) is 17.6. The number of carbonyl (C=O) groups excluding carboxylic acids is 1. The molecule has 1 aromatic heterocycles. The fraction of sp³-hybridized carbons (Fsp3) is 0.579. The quantitative estimate of drug-likeness (QED) is 0.928. The first-order valence-electron chi connectivity index (χ1n) is 9.12. The van der Waals surface area contributed by atoms with E-state index in [0.717, 1.165) is 48.3 Å². The third-order valence-electron chi connectivity index (χ3n) is 4.95. The van der Waals surface area contributed by atoms with Crippen LogP contribution in [0.25, 0.3) is 11.0 Å². The van der Waals surface area contributed by atoms with Gasteiger partial charge in [-0.15, -0.1) is 0 Å². The van der Waals surface area contributed by atoms with Crippen molar-refractivity contribution in [2.24, 2.45) is 20.0 Å². The Hall–Kier alpha value is -2.24. The second-order valence-corrected chi connectivity index (χ2v) is 7.45. The van der Waals surface area contributed by atoms with Gasteiger partial charge in [-0.05, 0) is 37.3 Å². The number of amides is 1. The number of benzene rings is 1. The molecule has 0 aliphatic carbocycles. The average Bonchev–Trinajstić information content (AvgIpc) is 2.78. The van der Waals surface area contributed by atoms with Crippen LogP contribution in [-0.2, 0) is 18.9 Å². The summed E-state index contributed by atoms with van der Waals surface area (Å²) in [7, 11) is 3.56. The summed E-state index contributed by atoms with van der Waals surface area (Å²) in [6, 6.07) is 3.99. The normalized spacial score (nSPS) is 15.2. The van der Waals surface area contributed by atoms with Crippen LogP contribution in [0.1, 0.15) is 39.5 Å². The minimum absolute atomic E-state index is 0.0218. The highest BCUT2D eigenvalue weighted by Crippen LogP contribution is 2.33. The van der Waals surface area contributed by atoms with E-state index >= 15 is 0 Å². The smallest absolute Gasteiger partial charge is 0.328 e. The van der Waals surface area contributed by atoms with Crippen LogP contribution in [0.15, 0.2) is 16.9 Å². The minimum Gasteiger partial charge on any atom is -0.370 e. The highest BCUT2D eigenvalue weighted by Gasteiger charge is 2.20. The fourth-order valence-corrected chi connectivity index (χ4v) is 3.60. The van der Waals surface area contributed by atoms with Gasteiger partial charge >= 0.3 is 5.69 Å². The molecule has 0 unspecified atom stereocenters. The van der Waals surface area contributed by atoms with Crippen LogP contribution in [0.2, 0.25) is 0 Å². The van der Waals surface area contributed by atoms with Crippen LogP contribution in [0, 0.1) is 5.92 Å². The number of aryl methyl sites for hydroxylation is 2.